The highest BCUT2D eigenvalue weighted by atomic mass is 16.5. The number of hydrogen-bond donors (Lipinski definition) is 2. The number of carbonyl (C=O) groups is 1. The highest BCUT2D eigenvalue weighted by Crippen LogP contribution is 2.66. The molecule has 0 amide bonds. The van der Waals surface area contributed by atoms with E-state index in [1.54, 1.807) is 12.1 Å². The summed E-state index contributed by atoms with van der Waals surface area (Å²) in [6.45, 7) is 0.104. The number of nitrogens with two attached hydrogens (primary N) is 1. The summed E-state index contributed by atoms with van der Waals surface area (Å²) < 4.78 is 12.2. The van der Waals surface area contributed by atoms with E-state index in [0.717, 1.165) is 31.2 Å². The highest BCUT2D eigenvalue weighted by Gasteiger charge is 2.71. The first-order chi connectivity index (χ1) is 11.1. The number of hydrogen-bond acceptors (Lipinski definition) is 5. The molecular weight excluding hydrogens is 294 g/mol. The van der Waals surface area contributed by atoms with Crippen LogP contribution in [0.2, 0.25) is 0 Å². The Morgan fingerprint density at radius 2 is 2.30 bits per heavy atom. The molecule has 23 heavy (non-hydrogen) atoms. The Balaban J connectivity index is 1.89. The fourth-order valence-electron chi connectivity index (χ4n) is 5.63. The second-order valence-electron chi connectivity index (χ2n) is 7.05. The zero-order valence-corrected chi connectivity index (χ0v) is 12.7. The monoisotopic (exact) mass is 313 g/mol. The molecule has 1 unspecified atom stereocenters. The molecule has 4 aliphatic rings. The molecule has 120 valence electrons. The molecule has 5 rings (SSSR count). The third kappa shape index (κ3) is 1.31. The molecule has 1 saturated carbocycles. The minimum atomic E-state index is -0.621. The van der Waals surface area contributed by atoms with E-state index in [1.807, 2.05) is 12.1 Å². The number of phenols is 1. The van der Waals surface area contributed by atoms with E-state index in [2.05, 4.69) is 0 Å². The molecule has 1 fully saturated rings. The first kappa shape index (κ1) is 13.6. The minimum absolute atomic E-state index is 0.0506. The van der Waals surface area contributed by atoms with Crippen molar-refractivity contribution in [1.82, 2.24) is 0 Å². The van der Waals surface area contributed by atoms with Gasteiger partial charge in [0.25, 0.3) is 0 Å². The Kier molecular flexibility index (Phi) is 2.46. The molecule has 5 heteroatoms. The lowest BCUT2D eigenvalue weighted by Crippen LogP contribution is -2.69. The Morgan fingerprint density at radius 3 is 3.13 bits per heavy atom. The van der Waals surface area contributed by atoms with Crippen molar-refractivity contribution in [2.45, 2.75) is 42.8 Å². The maximum atomic E-state index is 12.6. The first-order valence-electron chi connectivity index (χ1n) is 8.23. The SMILES string of the molecule is NCO[C@@]12C=CC(=O)[C@@H]3Oc4c(O)ccc5c4C31CCC[C@@H]2C5. The zero-order valence-electron chi connectivity index (χ0n) is 12.7. The van der Waals surface area contributed by atoms with Crippen molar-refractivity contribution in [3.8, 4) is 11.5 Å². The molecule has 3 N–H and O–H groups in total. The van der Waals surface area contributed by atoms with Gasteiger partial charge in [0.15, 0.2) is 23.4 Å². The quantitative estimate of drug-likeness (QED) is 0.810. The predicted octanol–water partition coefficient (Wildman–Crippen LogP) is 1.56. The standard InChI is InChI=1S/C18H19NO4/c19-9-22-18-7-5-13(21)16-17(18)6-1-2-11(18)8-10-3-4-12(20)15(23-16)14(10)17/h3-5,7,11,16,20H,1-2,6,8-9,19H2/t11-,16+,17?,18-/m1/s1. The Labute approximate surface area is 134 Å². The Hall–Kier alpha value is -1.85. The van der Waals surface area contributed by atoms with E-state index in [9.17, 15) is 9.90 Å². The smallest absolute Gasteiger partial charge is 0.196 e. The predicted molar refractivity (Wildman–Crippen MR) is 82.3 cm³/mol. The van der Waals surface area contributed by atoms with Crippen molar-refractivity contribution < 1.29 is 19.4 Å². The molecule has 1 aromatic carbocycles. The molecule has 5 nitrogen and oxygen atoms in total. The number of ether oxygens (including phenoxy) is 2. The van der Waals surface area contributed by atoms with Crippen LogP contribution in [0.5, 0.6) is 11.5 Å². The average molecular weight is 313 g/mol. The van der Waals surface area contributed by atoms with Crippen LogP contribution in [0.25, 0.3) is 0 Å². The van der Waals surface area contributed by atoms with Crippen molar-refractivity contribution in [2.24, 2.45) is 11.7 Å². The van der Waals surface area contributed by atoms with Gasteiger partial charge in [0.1, 0.15) is 5.60 Å². The Morgan fingerprint density at radius 1 is 1.43 bits per heavy atom. The fourth-order valence-corrected chi connectivity index (χ4v) is 5.63. The third-order valence-corrected chi connectivity index (χ3v) is 6.32. The number of benzene rings is 1. The van der Waals surface area contributed by atoms with Crippen molar-refractivity contribution >= 4 is 5.78 Å². The van der Waals surface area contributed by atoms with Crippen molar-refractivity contribution in [2.75, 3.05) is 6.73 Å². The van der Waals surface area contributed by atoms with Crippen LogP contribution in [-0.4, -0.2) is 29.3 Å². The van der Waals surface area contributed by atoms with Gasteiger partial charge in [-0.2, -0.15) is 0 Å². The number of aromatic hydroxyl groups is 1. The molecule has 0 saturated heterocycles. The molecule has 1 spiro atoms. The van der Waals surface area contributed by atoms with Crippen LogP contribution in [0.1, 0.15) is 30.4 Å². The largest absolute Gasteiger partial charge is 0.504 e. The normalized spacial score (nSPS) is 39.1. The second kappa shape index (κ2) is 4.16. The van der Waals surface area contributed by atoms with Crippen LogP contribution in [0.3, 0.4) is 0 Å². The summed E-state index contributed by atoms with van der Waals surface area (Å²) >= 11 is 0. The van der Waals surface area contributed by atoms with E-state index in [0.29, 0.717) is 5.75 Å². The molecule has 4 atom stereocenters. The van der Waals surface area contributed by atoms with Gasteiger partial charge in [-0.05, 0) is 49.0 Å². The fraction of sp³-hybridized carbons (Fsp3) is 0.500. The first-order valence-corrected chi connectivity index (χ1v) is 8.23. The van der Waals surface area contributed by atoms with Gasteiger partial charge in [0.2, 0.25) is 0 Å². The minimum Gasteiger partial charge on any atom is -0.504 e. The summed E-state index contributed by atoms with van der Waals surface area (Å²) in [5.41, 5.74) is 6.76. The second-order valence-corrected chi connectivity index (χ2v) is 7.05. The van der Waals surface area contributed by atoms with Crippen LogP contribution < -0.4 is 10.5 Å². The maximum absolute atomic E-state index is 12.6. The molecule has 0 radical (unpaired) electrons. The summed E-state index contributed by atoms with van der Waals surface area (Å²) in [6.07, 6.45) is 6.63. The lowest BCUT2D eigenvalue weighted by Gasteiger charge is -2.59. The van der Waals surface area contributed by atoms with Crippen molar-refractivity contribution in [3.63, 3.8) is 0 Å². The van der Waals surface area contributed by atoms with Crippen molar-refractivity contribution in [3.05, 3.63) is 35.4 Å². The number of phenolic OH excluding ortho intramolecular Hbond substituents is 1. The van der Waals surface area contributed by atoms with Crippen LogP contribution in [0.15, 0.2) is 24.3 Å². The van der Waals surface area contributed by atoms with Gasteiger partial charge in [0, 0.05) is 5.56 Å². The maximum Gasteiger partial charge on any atom is 0.196 e. The lowest BCUT2D eigenvalue weighted by molar-refractivity contribution is -0.164. The van der Waals surface area contributed by atoms with Gasteiger partial charge in [-0.25, -0.2) is 0 Å². The van der Waals surface area contributed by atoms with Crippen LogP contribution in [-0.2, 0) is 21.4 Å². The highest BCUT2D eigenvalue weighted by molar-refractivity contribution is 5.98. The molecule has 3 aliphatic carbocycles. The zero-order chi connectivity index (χ0) is 15.8. The molecule has 0 aromatic heterocycles. The summed E-state index contributed by atoms with van der Waals surface area (Å²) in [5.74, 6) is 0.796. The molecule has 1 heterocycles. The summed E-state index contributed by atoms with van der Waals surface area (Å²) in [4.78, 5) is 12.6. The lowest BCUT2D eigenvalue weighted by atomic mass is 9.47. The van der Waals surface area contributed by atoms with Gasteiger partial charge < -0.3 is 20.3 Å². The van der Waals surface area contributed by atoms with E-state index in [-0.39, 0.29) is 24.2 Å². The van der Waals surface area contributed by atoms with Crippen LogP contribution >= 0.6 is 0 Å². The van der Waals surface area contributed by atoms with Gasteiger partial charge in [0.05, 0.1) is 12.1 Å². The van der Waals surface area contributed by atoms with Crippen LogP contribution in [0.4, 0.5) is 0 Å². The van der Waals surface area contributed by atoms with Gasteiger partial charge in [-0.1, -0.05) is 12.5 Å². The van der Waals surface area contributed by atoms with Gasteiger partial charge in [-0.3, -0.25) is 4.79 Å². The van der Waals surface area contributed by atoms with E-state index in [4.69, 9.17) is 15.2 Å². The Bertz CT molecular complexity index is 758. The number of ketones is 1. The average Bonchev–Trinajstić information content (AvgIpc) is 2.88. The van der Waals surface area contributed by atoms with E-state index in [1.165, 1.54) is 5.56 Å². The van der Waals surface area contributed by atoms with E-state index < -0.39 is 17.1 Å². The molecule has 1 aromatic rings. The van der Waals surface area contributed by atoms with E-state index >= 15 is 0 Å². The third-order valence-electron chi connectivity index (χ3n) is 6.32. The van der Waals surface area contributed by atoms with Crippen LogP contribution in [0, 0.1) is 5.92 Å². The van der Waals surface area contributed by atoms with Crippen molar-refractivity contribution in [1.29, 1.82) is 0 Å². The molecule has 2 bridgehead atoms. The molecule has 1 aliphatic heterocycles. The molecular formula is C18H19NO4. The van der Waals surface area contributed by atoms with Gasteiger partial charge in [-0.15, -0.1) is 0 Å². The number of rotatable bonds is 2. The van der Waals surface area contributed by atoms with Gasteiger partial charge >= 0.3 is 0 Å². The summed E-state index contributed by atoms with van der Waals surface area (Å²) in [7, 11) is 0. The topological polar surface area (TPSA) is 81.8 Å². The summed E-state index contributed by atoms with van der Waals surface area (Å²) in [6, 6.07) is 3.64. The number of carbonyl (C=O) groups excluding carboxylic acids is 1. The summed E-state index contributed by atoms with van der Waals surface area (Å²) in [5, 5.41) is 10.3.